The largest absolute Gasteiger partial charge is 0.266 e. The third-order valence-electron chi connectivity index (χ3n) is 5.17. The molecular formula is C25H25F3. The van der Waals surface area contributed by atoms with Crippen LogP contribution in [0.15, 0.2) is 60.7 Å². The molecule has 0 atom stereocenters. The molecule has 28 heavy (non-hydrogen) atoms. The van der Waals surface area contributed by atoms with E-state index >= 15 is 0 Å². The summed E-state index contributed by atoms with van der Waals surface area (Å²) in [6.45, 7) is 3.70. The lowest BCUT2D eigenvalue weighted by atomic mass is 9.96. The maximum Gasteiger partial charge on any atom is 0.266 e. The molecule has 3 aromatic carbocycles. The van der Waals surface area contributed by atoms with Gasteiger partial charge < -0.3 is 0 Å². The molecule has 0 unspecified atom stereocenters. The van der Waals surface area contributed by atoms with Crippen molar-refractivity contribution in [3.05, 3.63) is 83.2 Å². The van der Waals surface area contributed by atoms with E-state index in [1.54, 1.807) is 24.3 Å². The van der Waals surface area contributed by atoms with Crippen LogP contribution in [0.1, 0.15) is 49.3 Å². The Balaban J connectivity index is 1.82. The van der Waals surface area contributed by atoms with Crippen LogP contribution in [-0.4, -0.2) is 0 Å². The molecule has 0 bridgehead atoms. The molecule has 0 fully saturated rings. The smallest absolute Gasteiger partial charge is 0.206 e. The summed E-state index contributed by atoms with van der Waals surface area (Å²) in [6.07, 6.45) is 1.92. The van der Waals surface area contributed by atoms with Crippen molar-refractivity contribution in [3.8, 4) is 22.3 Å². The Morgan fingerprint density at radius 2 is 1.32 bits per heavy atom. The first-order valence-corrected chi connectivity index (χ1v) is 9.78. The molecule has 0 aliphatic carbocycles. The molecule has 0 aliphatic heterocycles. The van der Waals surface area contributed by atoms with Gasteiger partial charge in [-0.1, -0.05) is 80.4 Å². The van der Waals surface area contributed by atoms with Crippen molar-refractivity contribution in [2.24, 2.45) is 0 Å². The number of rotatable bonds is 7. The van der Waals surface area contributed by atoms with Gasteiger partial charge in [0.15, 0.2) is 0 Å². The highest BCUT2D eigenvalue weighted by atomic mass is 19.3. The minimum atomic E-state index is -2.82. The number of unbranched alkanes of at least 4 members (excludes halogenated alkanes) is 2. The van der Waals surface area contributed by atoms with Gasteiger partial charge >= 0.3 is 0 Å². The van der Waals surface area contributed by atoms with Crippen molar-refractivity contribution in [3.63, 3.8) is 0 Å². The molecular weight excluding hydrogens is 357 g/mol. The van der Waals surface area contributed by atoms with Crippen LogP contribution < -0.4 is 0 Å². The maximum atomic E-state index is 14.6. The molecule has 0 amide bonds. The van der Waals surface area contributed by atoms with Crippen LogP contribution in [0.5, 0.6) is 0 Å². The van der Waals surface area contributed by atoms with Gasteiger partial charge in [-0.15, -0.1) is 0 Å². The predicted molar refractivity (Wildman–Crippen MR) is 110 cm³/mol. The van der Waals surface area contributed by atoms with E-state index in [4.69, 9.17) is 0 Å². The summed E-state index contributed by atoms with van der Waals surface area (Å²) in [6, 6.07) is 19.0. The van der Waals surface area contributed by atoms with Gasteiger partial charge in [0.1, 0.15) is 5.82 Å². The lowest BCUT2D eigenvalue weighted by Crippen LogP contribution is -1.98. The Bertz CT molecular complexity index is 910. The SMILES string of the molecule is CCCCCc1ccc(-c2ccc(-c3ccc(C)c(C(F)F)c3F)cc2)cc1. The molecule has 3 rings (SSSR count). The molecule has 3 aromatic rings. The Morgan fingerprint density at radius 1 is 0.750 bits per heavy atom. The minimum Gasteiger partial charge on any atom is -0.206 e. The van der Waals surface area contributed by atoms with Crippen molar-refractivity contribution in [1.82, 2.24) is 0 Å². The first-order valence-electron chi connectivity index (χ1n) is 9.78. The Hall–Kier alpha value is -2.55. The van der Waals surface area contributed by atoms with Crippen molar-refractivity contribution >= 4 is 0 Å². The van der Waals surface area contributed by atoms with Crippen LogP contribution >= 0.6 is 0 Å². The first kappa shape index (κ1) is 20.2. The van der Waals surface area contributed by atoms with Crippen LogP contribution in [0.2, 0.25) is 0 Å². The lowest BCUT2D eigenvalue weighted by Gasteiger charge is -2.12. The molecule has 0 N–H and O–H groups in total. The van der Waals surface area contributed by atoms with Crippen molar-refractivity contribution in [2.45, 2.75) is 46.0 Å². The average molecular weight is 382 g/mol. The van der Waals surface area contributed by atoms with Crippen LogP contribution in [0.4, 0.5) is 13.2 Å². The summed E-state index contributed by atoms with van der Waals surface area (Å²) in [5.41, 5.74) is 3.99. The van der Waals surface area contributed by atoms with E-state index in [9.17, 15) is 13.2 Å². The topological polar surface area (TPSA) is 0 Å². The fourth-order valence-corrected chi connectivity index (χ4v) is 3.47. The number of alkyl halides is 2. The second-order valence-corrected chi connectivity index (χ2v) is 7.19. The summed E-state index contributed by atoms with van der Waals surface area (Å²) in [7, 11) is 0. The number of halogens is 3. The maximum absolute atomic E-state index is 14.6. The van der Waals surface area contributed by atoms with Gasteiger partial charge in [-0.25, -0.2) is 13.2 Å². The third-order valence-corrected chi connectivity index (χ3v) is 5.17. The van der Waals surface area contributed by atoms with Gasteiger partial charge in [0, 0.05) is 5.56 Å². The fraction of sp³-hybridized carbons (Fsp3) is 0.280. The van der Waals surface area contributed by atoms with Crippen molar-refractivity contribution in [2.75, 3.05) is 0 Å². The van der Waals surface area contributed by atoms with Gasteiger partial charge in [0.25, 0.3) is 6.43 Å². The summed E-state index contributed by atoms with van der Waals surface area (Å²) in [4.78, 5) is 0. The van der Waals surface area contributed by atoms with E-state index in [1.807, 2.05) is 12.1 Å². The number of benzene rings is 3. The molecule has 0 saturated carbocycles. The molecule has 0 saturated heterocycles. The predicted octanol–water partition coefficient (Wildman–Crippen LogP) is 8.14. The van der Waals surface area contributed by atoms with E-state index in [2.05, 4.69) is 31.2 Å². The number of aryl methyl sites for hydroxylation is 2. The van der Waals surface area contributed by atoms with E-state index < -0.39 is 17.8 Å². The zero-order chi connectivity index (χ0) is 20.1. The van der Waals surface area contributed by atoms with E-state index in [0.717, 1.165) is 17.5 Å². The summed E-state index contributed by atoms with van der Waals surface area (Å²) < 4.78 is 40.9. The molecule has 0 spiro atoms. The second-order valence-electron chi connectivity index (χ2n) is 7.19. The Morgan fingerprint density at radius 3 is 1.89 bits per heavy atom. The fourth-order valence-electron chi connectivity index (χ4n) is 3.47. The molecule has 146 valence electrons. The van der Waals surface area contributed by atoms with E-state index in [1.165, 1.54) is 31.7 Å². The first-order chi connectivity index (χ1) is 13.5. The molecule has 0 aromatic heterocycles. The quantitative estimate of drug-likeness (QED) is 0.362. The summed E-state index contributed by atoms with van der Waals surface area (Å²) in [5, 5.41) is 0. The zero-order valence-corrected chi connectivity index (χ0v) is 16.3. The van der Waals surface area contributed by atoms with Crippen LogP contribution in [-0.2, 0) is 6.42 Å². The van der Waals surface area contributed by atoms with Gasteiger partial charge in [-0.05, 0) is 47.6 Å². The third kappa shape index (κ3) is 4.46. The van der Waals surface area contributed by atoms with Gasteiger partial charge in [0.05, 0.1) is 5.56 Å². The van der Waals surface area contributed by atoms with E-state index in [-0.39, 0.29) is 11.1 Å². The highest BCUT2D eigenvalue weighted by Gasteiger charge is 2.20. The minimum absolute atomic E-state index is 0.207. The standard InChI is InChI=1S/C25H25F3/c1-3-4-5-6-18-8-10-19(11-9-18)20-12-14-21(15-13-20)22-16-7-17(2)23(24(22)26)25(27)28/h7-16,25H,3-6H2,1-2H3. The molecule has 0 aliphatic rings. The highest BCUT2D eigenvalue weighted by Crippen LogP contribution is 2.33. The van der Waals surface area contributed by atoms with Gasteiger partial charge in [-0.2, -0.15) is 0 Å². The van der Waals surface area contributed by atoms with E-state index in [0.29, 0.717) is 5.56 Å². The second kappa shape index (κ2) is 9.09. The number of hydrogen-bond acceptors (Lipinski definition) is 0. The zero-order valence-electron chi connectivity index (χ0n) is 16.3. The van der Waals surface area contributed by atoms with Crippen LogP contribution in [0, 0.1) is 12.7 Å². The highest BCUT2D eigenvalue weighted by molar-refractivity contribution is 5.71. The molecule has 0 nitrogen and oxygen atoms in total. The van der Waals surface area contributed by atoms with Gasteiger partial charge in [0.2, 0.25) is 0 Å². The molecule has 3 heteroatoms. The Labute approximate surface area is 165 Å². The van der Waals surface area contributed by atoms with Crippen LogP contribution in [0.3, 0.4) is 0 Å². The van der Waals surface area contributed by atoms with Crippen molar-refractivity contribution in [1.29, 1.82) is 0 Å². The average Bonchev–Trinajstić information content (AvgIpc) is 2.69. The van der Waals surface area contributed by atoms with Crippen LogP contribution in [0.25, 0.3) is 22.3 Å². The number of hydrogen-bond donors (Lipinski definition) is 0. The molecule has 0 radical (unpaired) electrons. The Kier molecular flexibility index (Phi) is 6.56. The van der Waals surface area contributed by atoms with Gasteiger partial charge in [-0.3, -0.25) is 0 Å². The van der Waals surface area contributed by atoms with Crippen molar-refractivity contribution < 1.29 is 13.2 Å². The summed E-state index contributed by atoms with van der Waals surface area (Å²) >= 11 is 0. The lowest BCUT2D eigenvalue weighted by molar-refractivity contribution is 0.145. The molecule has 0 heterocycles. The monoisotopic (exact) mass is 382 g/mol. The normalized spacial score (nSPS) is 11.2. The summed E-state index contributed by atoms with van der Waals surface area (Å²) in [5.74, 6) is -0.834.